The molecule has 0 spiro atoms. The molecule has 1 N–H and O–H groups in total. The van der Waals surface area contributed by atoms with E-state index in [4.69, 9.17) is 9.47 Å². The molecule has 1 saturated heterocycles. The van der Waals surface area contributed by atoms with Crippen LogP contribution in [0.1, 0.15) is 45.0 Å². The molecule has 1 fully saturated rings. The van der Waals surface area contributed by atoms with Gasteiger partial charge in [0.2, 0.25) is 0 Å². The summed E-state index contributed by atoms with van der Waals surface area (Å²) in [7, 11) is 0. The standard InChI is InChI=1S/C21H27N3O5/c1-13-7-5-9-15-17(13)22-16(23-18(15)25)12-28-19(26)14-8-6-10-24(11-14)20(27)29-21(2,3)4/h5,7,9,14H,6,8,10-12H2,1-4H3,(H,22,23,25)/t14-/m1/s1. The summed E-state index contributed by atoms with van der Waals surface area (Å²) in [6.07, 6.45) is 0.910. The van der Waals surface area contributed by atoms with Gasteiger partial charge in [-0.1, -0.05) is 12.1 Å². The van der Waals surface area contributed by atoms with E-state index in [1.807, 2.05) is 13.0 Å². The number of hydrogen-bond acceptors (Lipinski definition) is 6. The van der Waals surface area contributed by atoms with Gasteiger partial charge in [0.05, 0.1) is 16.8 Å². The number of aromatic nitrogens is 2. The molecule has 1 aliphatic rings. The third-order valence-corrected chi connectivity index (χ3v) is 4.74. The monoisotopic (exact) mass is 401 g/mol. The summed E-state index contributed by atoms with van der Waals surface area (Å²) in [6, 6.07) is 5.38. The molecule has 1 aromatic carbocycles. The topological polar surface area (TPSA) is 102 Å². The van der Waals surface area contributed by atoms with Crippen LogP contribution >= 0.6 is 0 Å². The van der Waals surface area contributed by atoms with Crippen LogP contribution in [-0.4, -0.2) is 45.6 Å². The van der Waals surface area contributed by atoms with Crippen molar-refractivity contribution in [2.24, 2.45) is 5.92 Å². The lowest BCUT2D eigenvalue weighted by atomic mass is 9.98. The SMILES string of the molecule is Cc1cccc2c(=O)[nH]c(COC(=O)[C@@H]3CCCN(C(=O)OC(C)(C)C)C3)nc12. The molecule has 2 aromatic rings. The molecule has 3 rings (SSSR count). The first-order chi connectivity index (χ1) is 13.6. The number of amides is 1. The van der Waals surface area contributed by atoms with E-state index < -0.39 is 23.6 Å². The zero-order valence-electron chi connectivity index (χ0n) is 17.3. The third-order valence-electron chi connectivity index (χ3n) is 4.74. The molecule has 8 heteroatoms. The number of carbonyl (C=O) groups excluding carboxylic acids is 2. The molecule has 0 unspecified atom stereocenters. The molecule has 2 heterocycles. The number of hydrogen-bond donors (Lipinski definition) is 1. The Bertz CT molecular complexity index is 976. The molecule has 0 saturated carbocycles. The fraction of sp³-hybridized carbons (Fsp3) is 0.524. The second-order valence-corrected chi connectivity index (χ2v) is 8.36. The van der Waals surface area contributed by atoms with Gasteiger partial charge in [-0.25, -0.2) is 9.78 Å². The molecular formula is C21H27N3O5. The van der Waals surface area contributed by atoms with E-state index in [2.05, 4.69) is 9.97 Å². The lowest BCUT2D eigenvalue weighted by Crippen LogP contribution is -2.45. The minimum Gasteiger partial charge on any atom is -0.457 e. The number of likely N-dealkylation sites (tertiary alicyclic amines) is 1. The normalized spacial score (nSPS) is 17.2. The van der Waals surface area contributed by atoms with Crippen molar-refractivity contribution in [3.8, 4) is 0 Å². The number of rotatable bonds is 3. The second kappa shape index (κ2) is 8.23. The number of nitrogens with zero attached hydrogens (tertiary/aromatic N) is 2. The van der Waals surface area contributed by atoms with Crippen molar-refractivity contribution in [3.05, 3.63) is 39.9 Å². The Kier molecular flexibility index (Phi) is 5.91. The summed E-state index contributed by atoms with van der Waals surface area (Å²) in [5.74, 6) is -0.541. The molecule has 0 bridgehead atoms. The molecule has 0 radical (unpaired) electrons. The van der Waals surface area contributed by atoms with Crippen LogP contribution < -0.4 is 5.56 Å². The summed E-state index contributed by atoms with van der Waals surface area (Å²) in [6.45, 7) is 7.98. The van der Waals surface area contributed by atoms with Crippen molar-refractivity contribution in [1.29, 1.82) is 0 Å². The Labute approximate surface area is 169 Å². The Balaban J connectivity index is 1.63. The lowest BCUT2D eigenvalue weighted by molar-refractivity contribution is -0.151. The first-order valence-corrected chi connectivity index (χ1v) is 9.77. The number of piperidine rings is 1. The second-order valence-electron chi connectivity index (χ2n) is 8.36. The first-order valence-electron chi connectivity index (χ1n) is 9.77. The minimum atomic E-state index is -0.587. The largest absolute Gasteiger partial charge is 0.457 e. The number of benzene rings is 1. The highest BCUT2D eigenvalue weighted by atomic mass is 16.6. The zero-order chi connectivity index (χ0) is 21.2. The van der Waals surface area contributed by atoms with E-state index in [9.17, 15) is 14.4 Å². The summed E-state index contributed by atoms with van der Waals surface area (Å²) in [5, 5.41) is 0.500. The Morgan fingerprint density at radius 2 is 2.07 bits per heavy atom. The minimum absolute atomic E-state index is 0.124. The number of ether oxygens (including phenoxy) is 2. The van der Waals surface area contributed by atoms with E-state index in [1.54, 1.807) is 37.8 Å². The Morgan fingerprint density at radius 1 is 1.31 bits per heavy atom. The third kappa shape index (κ3) is 5.13. The highest BCUT2D eigenvalue weighted by Crippen LogP contribution is 2.21. The van der Waals surface area contributed by atoms with Gasteiger partial charge in [-0.15, -0.1) is 0 Å². The van der Waals surface area contributed by atoms with E-state index >= 15 is 0 Å². The van der Waals surface area contributed by atoms with Crippen molar-refractivity contribution in [1.82, 2.24) is 14.9 Å². The van der Waals surface area contributed by atoms with Gasteiger partial charge in [0.1, 0.15) is 18.0 Å². The van der Waals surface area contributed by atoms with Gasteiger partial charge in [-0.3, -0.25) is 9.59 Å². The van der Waals surface area contributed by atoms with Crippen LogP contribution in [0.2, 0.25) is 0 Å². The molecule has 8 nitrogen and oxygen atoms in total. The summed E-state index contributed by atoms with van der Waals surface area (Å²) >= 11 is 0. The van der Waals surface area contributed by atoms with E-state index in [1.165, 1.54) is 0 Å². The van der Waals surface area contributed by atoms with Crippen molar-refractivity contribution in [3.63, 3.8) is 0 Å². The summed E-state index contributed by atoms with van der Waals surface area (Å²) in [5.41, 5.74) is 0.618. The number of H-pyrrole nitrogens is 1. The van der Waals surface area contributed by atoms with Crippen LogP contribution in [0.15, 0.2) is 23.0 Å². The van der Waals surface area contributed by atoms with Crippen molar-refractivity contribution in [2.45, 2.75) is 52.7 Å². The molecule has 1 amide bonds. The van der Waals surface area contributed by atoms with Gasteiger partial charge < -0.3 is 19.4 Å². The van der Waals surface area contributed by atoms with Gasteiger partial charge in [-0.05, 0) is 52.2 Å². The first kappa shape index (κ1) is 20.8. The maximum Gasteiger partial charge on any atom is 0.410 e. The smallest absolute Gasteiger partial charge is 0.410 e. The fourth-order valence-electron chi connectivity index (χ4n) is 3.34. The van der Waals surface area contributed by atoms with Gasteiger partial charge >= 0.3 is 12.1 Å². The van der Waals surface area contributed by atoms with Crippen LogP contribution in [-0.2, 0) is 20.9 Å². The van der Waals surface area contributed by atoms with Gasteiger partial charge in [0.15, 0.2) is 0 Å². The quantitative estimate of drug-likeness (QED) is 0.794. The highest BCUT2D eigenvalue weighted by Gasteiger charge is 2.32. The van der Waals surface area contributed by atoms with Crippen LogP contribution in [0, 0.1) is 12.8 Å². The summed E-state index contributed by atoms with van der Waals surface area (Å²) in [4.78, 5) is 45.6. The predicted octanol–water partition coefficient (Wildman–Crippen LogP) is 2.92. The van der Waals surface area contributed by atoms with Crippen LogP contribution in [0.25, 0.3) is 10.9 Å². The maximum absolute atomic E-state index is 12.5. The molecule has 0 aliphatic carbocycles. The number of nitrogens with one attached hydrogen (secondary N) is 1. The molecule has 156 valence electrons. The Hall–Kier alpha value is -2.90. The maximum atomic E-state index is 12.5. The van der Waals surface area contributed by atoms with Crippen LogP contribution in [0.3, 0.4) is 0 Å². The average molecular weight is 401 g/mol. The molecular weight excluding hydrogens is 374 g/mol. The van der Waals surface area contributed by atoms with Crippen molar-refractivity contribution >= 4 is 23.0 Å². The number of para-hydroxylation sites is 1. The predicted molar refractivity (Wildman–Crippen MR) is 107 cm³/mol. The van der Waals surface area contributed by atoms with Crippen molar-refractivity contribution in [2.75, 3.05) is 13.1 Å². The van der Waals surface area contributed by atoms with Crippen molar-refractivity contribution < 1.29 is 19.1 Å². The summed E-state index contributed by atoms with van der Waals surface area (Å²) < 4.78 is 10.8. The van der Waals surface area contributed by atoms with Gasteiger partial charge in [0, 0.05) is 13.1 Å². The number of aryl methyl sites for hydroxylation is 1. The van der Waals surface area contributed by atoms with E-state index in [0.29, 0.717) is 36.1 Å². The van der Waals surface area contributed by atoms with Crippen LogP contribution in [0.4, 0.5) is 4.79 Å². The lowest BCUT2D eigenvalue weighted by Gasteiger charge is -2.33. The van der Waals surface area contributed by atoms with E-state index in [0.717, 1.165) is 5.56 Å². The van der Waals surface area contributed by atoms with Crippen LogP contribution in [0.5, 0.6) is 0 Å². The number of esters is 1. The average Bonchev–Trinajstić information content (AvgIpc) is 2.66. The van der Waals surface area contributed by atoms with Gasteiger partial charge in [-0.2, -0.15) is 0 Å². The fourth-order valence-corrected chi connectivity index (χ4v) is 3.34. The Morgan fingerprint density at radius 3 is 2.79 bits per heavy atom. The number of carbonyl (C=O) groups is 2. The zero-order valence-corrected chi connectivity index (χ0v) is 17.3. The molecule has 1 aromatic heterocycles. The molecule has 29 heavy (non-hydrogen) atoms. The number of aromatic amines is 1. The molecule has 1 aliphatic heterocycles. The van der Waals surface area contributed by atoms with E-state index in [-0.39, 0.29) is 18.7 Å². The highest BCUT2D eigenvalue weighted by molar-refractivity contribution is 5.80. The molecule has 1 atom stereocenters. The number of fused-ring (bicyclic) bond motifs is 1. The van der Waals surface area contributed by atoms with Gasteiger partial charge in [0.25, 0.3) is 5.56 Å².